The maximum Gasteiger partial charge on any atom is 0.327 e. The van der Waals surface area contributed by atoms with Crippen LogP contribution in [0.2, 0.25) is 0 Å². The molecule has 21 heavy (non-hydrogen) atoms. The van der Waals surface area contributed by atoms with Crippen molar-refractivity contribution in [1.29, 1.82) is 0 Å². The number of nitrogens with zero attached hydrogens (tertiary/aromatic N) is 1. The largest absolute Gasteiger partial charge is 0.480 e. The topological polar surface area (TPSA) is 70.8 Å². The number of halogens is 1. The van der Waals surface area contributed by atoms with Gasteiger partial charge >= 0.3 is 5.97 Å². The van der Waals surface area contributed by atoms with Gasteiger partial charge in [0, 0.05) is 6.08 Å². The summed E-state index contributed by atoms with van der Waals surface area (Å²) in [5.74, 6) is -1.22. The fraction of sp³-hybridized carbons (Fsp3) is 0.308. The molecule has 0 aromatic carbocycles. The van der Waals surface area contributed by atoms with Crippen molar-refractivity contribution < 1.29 is 19.1 Å². The number of carboxylic acid groups (broad SMARTS) is 1. The Labute approximate surface area is 139 Å². The minimum absolute atomic E-state index is 0.248. The van der Waals surface area contributed by atoms with Gasteiger partial charge in [0.15, 0.2) is 4.67 Å². The van der Waals surface area contributed by atoms with Crippen LogP contribution in [0.3, 0.4) is 0 Å². The minimum Gasteiger partial charge on any atom is -0.480 e. The van der Waals surface area contributed by atoms with E-state index in [1.807, 2.05) is 0 Å². The van der Waals surface area contributed by atoms with Crippen LogP contribution in [0.15, 0.2) is 26.1 Å². The van der Waals surface area contributed by atoms with E-state index in [0.717, 1.165) is 16.7 Å². The van der Waals surface area contributed by atoms with Gasteiger partial charge in [-0.1, -0.05) is 37.8 Å². The number of carbonyl (C=O) groups excluding carboxylic acids is 1. The van der Waals surface area contributed by atoms with Crippen molar-refractivity contribution in [3.05, 3.63) is 27.5 Å². The first-order valence-corrected chi connectivity index (χ1v) is 8.08. The molecule has 1 atom stereocenters. The Morgan fingerprint density at radius 2 is 2.19 bits per heavy atom. The normalized spacial score (nSPS) is 18.9. The summed E-state index contributed by atoms with van der Waals surface area (Å²) in [6, 6.07) is 2.45. The molecule has 1 aliphatic rings. The number of hydrogen-bond donors (Lipinski definition) is 1. The van der Waals surface area contributed by atoms with Crippen LogP contribution in [0.1, 0.15) is 19.6 Å². The molecule has 2 rings (SSSR count). The zero-order valence-electron chi connectivity index (χ0n) is 11.2. The van der Waals surface area contributed by atoms with Gasteiger partial charge in [-0.3, -0.25) is 9.69 Å². The first kappa shape index (κ1) is 16.3. The highest BCUT2D eigenvalue weighted by Gasteiger charge is 2.41. The second-order valence-electron chi connectivity index (χ2n) is 4.72. The number of rotatable bonds is 4. The molecule has 1 N–H and O–H groups in total. The Hall–Kier alpha value is -1.12. The molecule has 5 nitrogen and oxygen atoms in total. The number of carboxylic acids is 1. The first-order chi connectivity index (χ1) is 9.81. The van der Waals surface area contributed by atoms with Crippen LogP contribution in [-0.2, 0) is 9.59 Å². The van der Waals surface area contributed by atoms with E-state index < -0.39 is 17.9 Å². The smallest absolute Gasteiger partial charge is 0.327 e. The van der Waals surface area contributed by atoms with Crippen molar-refractivity contribution in [3.8, 4) is 0 Å². The van der Waals surface area contributed by atoms with Gasteiger partial charge in [-0.25, -0.2) is 4.79 Å². The molecule has 1 amide bonds. The van der Waals surface area contributed by atoms with Gasteiger partial charge in [0.25, 0.3) is 5.91 Å². The third-order valence-corrected chi connectivity index (χ3v) is 4.61. The summed E-state index contributed by atoms with van der Waals surface area (Å²) in [4.78, 5) is 25.3. The van der Waals surface area contributed by atoms with Crippen molar-refractivity contribution in [1.82, 2.24) is 4.90 Å². The Morgan fingerprint density at radius 1 is 1.52 bits per heavy atom. The Kier molecular flexibility index (Phi) is 4.90. The van der Waals surface area contributed by atoms with Gasteiger partial charge in [0.1, 0.15) is 16.1 Å². The van der Waals surface area contributed by atoms with E-state index in [1.54, 1.807) is 32.1 Å². The molecular weight excluding hydrogens is 378 g/mol. The van der Waals surface area contributed by atoms with E-state index in [4.69, 9.17) is 16.6 Å². The maximum atomic E-state index is 12.4. The lowest BCUT2D eigenvalue weighted by atomic mass is 10.0. The third kappa shape index (κ3) is 3.38. The molecule has 0 saturated carbocycles. The SMILES string of the molecule is CC(C)C(C(=O)O)N1C(=O)/C(=C\c2ccc(Br)o2)SC1=S. The van der Waals surface area contributed by atoms with E-state index in [9.17, 15) is 14.7 Å². The van der Waals surface area contributed by atoms with E-state index in [-0.39, 0.29) is 10.2 Å². The Bertz CT molecular complexity index is 638. The molecule has 8 heteroatoms. The molecule has 0 radical (unpaired) electrons. The molecular formula is C13H12BrNO4S2. The van der Waals surface area contributed by atoms with Crippen molar-refractivity contribution in [2.24, 2.45) is 5.92 Å². The third-order valence-electron chi connectivity index (χ3n) is 2.85. The molecule has 1 fully saturated rings. The predicted molar refractivity (Wildman–Crippen MR) is 87.7 cm³/mol. The highest BCUT2D eigenvalue weighted by molar-refractivity contribution is 9.10. The van der Waals surface area contributed by atoms with Crippen LogP contribution in [-0.4, -0.2) is 32.2 Å². The van der Waals surface area contributed by atoms with E-state index in [1.165, 1.54) is 0 Å². The summed E-state index contributed by atoms with van der Waals surface area (Å²) in [6.07, 6.45) is 1.56. The Morgan fingerprint density at radius 3 is 2.67 bits per heavy atom. The summed E-state index contributed by atoms with van der Waals surface area (Å²) in [5, 5.41) is 9.31. The lowest BCUT2D eigenvalue weighted by molar-refractivity contribution is -0.146. The van der Waals surface area contributed by atoms with Crippen LogP contribution in [0.4, 0.5) is 0 Å². The van der Waals surface area contributed by atoms with Crippen LogP contribution >= 0.6 is 39.9 Å². The van der Waals surface area contributed by atoms with Crippen molar-refractivity contribution in [3.63, 3.8) is 0 Å². The lowest BCUT2D eigenvalue weighted by Crippen LogP contribution is -2.47. The molecule has 0 spiro atoms. The maximum absolute atomic E-state index is 12.4. The molecule has 0 aliphatic carbocycles. The molecule has 1 saturated heterocycles. The fourth-order valence-corrected chi connectivity index (χ4v) is 3.58. The van der Waals surface area contributed by atoms with Crippen LogP contribution in [0, 0.1) is 5.92 Å². The van der Waals surface area contributed by atoms with Crippen LogP contribution in [0.5, 0.6) is 0 Å². The lowest BCUT2D eigenvalue weighted by Gasteiger charge is -2.26. The molecule has 1 aliphatic heterocycles. The average Bonchev–Trinajstić information content (AvgIpc) is 2.88. The quantitative estimate of drug-likeness (QED) is 0.628. The molecule has 1 unspecified atom stereocenters. The summed E-state index contributed by atoms with van der Waals surface area (Å²) in [5.41, 5.74) is 0. The first-order valence-electron chi connectivity index (χ1n) is 6.06. The van der Waals surface area contributed by atoms with Gasteiger partial charge < -0.3 is 9.52 Å². The van der Waals surface area contributed by atoms with Crippen LogP contribution < -0.4 is 0 Å². The zero-order valence-corrected chi connectivity index (χ0v) is 14.4. The van der Waals surface area contributed by atoms with E-state index in [0.29, 0.717) is 15.3 Å². The number of carbonyl (C=O) groups is 2. The van der Waals surface area contributed by atoms with Crippen molar-refractivity contribution in [2.45, 2.75) is 19.9 Å². The summed E-state index contributed by atoms with van der Waals surface area (Å²) in [7, 11) is 0. The number of thioether (sulfide) groups is 1. The van der Waals surface area contributed by atoms with Gasteiger partial charge in [-0.15, -0.1) is 0 Å². The number of thiocarbonyl (C=S) groups is 1. The van der Waals surface area contributed by atoms with E-state index in [2.05, 4.69) is 15.9 Å². The number of amides is 1. The van der Waals surface area contributed by atoms with Gasteiger partial charge in [0.2, 0.25) is 0 Å². The zero-order chi connectivity index (χ0) is 15.7. The second-order valence-corrected chi connectivity index (χ2v) is 7.18. The average molecular weight is 390 g/mol. The summed E-state index contributed by atoms with van der Waals surface area (Å²) in [6.45, 7) is 3.48. The molecule has 0 bridgehead atoms. The fourth-order valence-electron chi connectivity index (χ4n) is 1.95. The molecule has 112 valence electrons. The molecule has 1 aromatic heterocycles. The Balaban J connectivity index is 2.32. The second kappa shape index (κ2) is 6.33. The highest BCUT2D eigenvalue weighted by Crippen LogP contribution is 2.35. The van der Waals surface area contributed by atoms with Crippen molar-refractivity contribution in [2.75, 3.05) is 0 Å². The monoisotopic (exact) mass is 389 g/mol. The van der Waals surface area contributed by atoms with Gasteiger partial charge in [-0.2, -0.15) is 0 Å². The molecule has 1 aromatic rings. The minimum atomic E-state index is -1.07. The number of aliphatic carboxylic acids is 1. The summed E-state index contributed by atoms with van der Waals surface area (Å²) < 4.78 is 6.12. The highest BCUT2D eigenvalue weighted by atomic mass is 79.9. The van der Waals surface area contributed by atoms with E-state index >= 15 is 0 Å². The number of hydrogen-bond acceptors (Lipinski definition) is 5. The van der Waals surface area contributed by atoms with Gasteiger partial charge in [0.05, 0.1) is 4.91 Å². The standard InChI is InChI=1S/C13H12BrNO4S2/c1-6(2)10(12(17)18)15-11(16)8(21-13(15)20)5-7-3-4-9(14)19-7/h3-6,10H,1-2H3,(H,17,18)/b8-5+. The van der Waals surface area contributed by atoms with Crippen molar-refractivity contribution >= 4 is 62.2 Å². The molecule has 2 heterocycles. The predicted octanol–water partition coefficient (Wildman–Crippen LogP) is 3.35. The van der Waals surface area contributed by atoms with Crippen LogP contribution in [0.25, 0.3) is 6.08 Å². The van der Waals surface area contributed by atoms with Gasteiger partial charge in [-0.05, 0) is 34.0 Å². The number of furan rings is 1. The summed E-state index contributed by atoms with van der Waals surface area (Å²) >= 11 is 9.41.